The first-order chi connectivity index (χ1) is 6.24. The van der Waals surface area contributed by atoms with Crippen LogP contribution < -0.4 is 16.2 Å². The molecule has 0 aromatic carbocycles. The lowest BCUT2D eigenvalue weighted by atomic mass is 10.2. The lowest BCUT2D eigenvalue weighted by Crippen LogP contribution is -2.44. The number of carbonyl (C=O) groups is 2. The van der Waals surface area contributed by atoms with E-state index in [1.807, 2.05) is 0 Å². The smallest absolute Gasteiger partial charge is 0.239 e. The van der Waals surface area contributed by atoms with Gasteiger partial charge in [0, 0.05) is 13.7 Å². The van der Waals surface area contributed by atoms with Gasteiger partial charge in [-0.05, 0) is 0 Å². The number of hydrogen-bond acceptors (Lipinski definition) is 4. The van der Waals surface area contributed by atoms with Crippen LogP contribution in [0.5, 0.6) is 0 Å². The lowest BCUT2D eigenvalue weighted by Gasteiger charge is -2.08. The molecule has 6 heteroatoms. The van der Waals surface area contributed by atoms with Crippen molar-refractivity contribution < 1.29 is 14.3 Å². The van der Waals surface area contributed by atoms with Crippen LogP contribution >= 0.6 is 0 Å². The van der Waals surface area contributed by atoms with E-state index in [0.29, 0.717) is 13.2 Å². The Morgan fingerprint density at radius 3 is 3.08 bits per heavy atom. The quantitative estimate of drug-likeness (QED) is 0.451. The van der Waals surface area contributed by atoms with Crippen molar-refractivity contribution in [2.24, 2.45) is 0 Å². The van der Waals surface area contributed by atoms with Gasteiger partial charge < -0.3 is 10.1 Å². The molecule has 0 saturated carbocycles. The summed E-state index contributed by atoms with van der Waals surface area (Å²) < 4.78 is 4.76. The fourth-order valence-electron chi connectivity index (χ4n) is 1.01. The van der Waals surface area contributed by atoms with E-state index in [-0.39, 0.29) is 18.2 Å². The van der Waals surface area contributed by atoms with Gasteiger partial charge in [0.2, 0.25) is 11.8 Å². The van der Waals surface area contributed by atoms with Gasteiger partial charge in [0.15, 0.2) is 0 Å². The second-order valence-electron chi connectivity index (χ2n) is 2.73. The highest BCUT2D eigenvalue weighted by atomic mass is 16.5. The monoisotopic (exact) mass is 187 g/mol. The van der Waals surface area contributed by atoms with E-state index in [1.54, 1.807) is 7.11 Å². The zero-order valence-electron chi connectivity index (χ0n) is 7.42. The first kappa shape index (κ1) is 9.94. The topological polar surface area (TPSA) is 79.5 Å². The number of nitrogens with one attached hydrogen (secondary N) is 3. The van der Waals surface area contributed by atoms with Gasteiger partial charge >= 0.3 is 0 Å². The highest BCUT2D eigenvalue weighted by molar-refractivity contribution is 5.90. The normalized spacial score (nSPS) is 21.3. The molecule has 13 heavy (non-hydrogen) atoms. The third-order valence-corrected chi connectivity index (χ3v) is 1.70. The van der Waals surface area contributed by atoms with Crippen molar-refractivity contribution in [1.29, 1.82) is 0 Å². The molecule has 1 rings (SSSR count). The SMILES string of the molecule is COCCNC(=O)C1CC(=O)NN1. The number of amides is 2. The largest absolute Gasteiger partial charge is 0.383 e. The molecular weight excluding hydrogens is 174 g/mol. The van der Waals surface area contributed by atoms with E-state index in [1.165, 1.54) is 0 Å². The summed E-state index contributed by atoms with van der Waals surface area (Å²) >= 11 is 0. The molecule has 0 aromatic heterocycles. The minimum absolute atomic E-state index is 0.160. The Labute approximate surface area is 76.0 Å². The number of carbonyl (C=O) groups excluding carboxylic acids is 2. The van der Waals surface area contributed by atoms with Gasteiger partial charge in [0.25, 0.3) is 0 Å². The van der Waals surface area contributed by atoms with Gasteiger partial charge in [-0.1, -0.05) is 0 Å². The van der Waals surface area contributed by atoms with E-state index >= 15 is 0 Å². The molecule has 6 nitrogen and oxygen atoms in total. The van der Waals surface area contributed by atoms with Crippen molar-refractivity contribution in [2.75, 3.05) is 20.3 Å². The van der Waals surface area contributed by atoms with E-state index in [0.717, 1.165) is 0 Å². The first-order valence-corrected chi connectivity index (χ1v) is 4.05. The van der Waals surface area contributed by atoms with Crippen LogP contribution in [0.1, 0.15) is 6.42 Å². The summed E-state index contributed by atoms with van der Waals surface area (Å²) in [6, 6.07) is -0.454. The maximum Gasteiger partial charge on any atom is 0.239 e. The molecule has 0 aliphatic carbocycles. The van der Waals surface area contributed by atoms with Crippen molar-refractivity contribution in [3.8, 4) is 0 Å². The zero-order valence-corrected chi connectivity index (χ0v) is 7.42. The first-order valence-electron chi connectivity index (χ1n) is 4.05. The average molecular weight is 187 g/mol. The van der Waals surface area contributed by atoms with Crippen molar-refractivity contribution in [1.82, 2.24) is 16.2 Å². The molecule has 74 valence electrons. The second kappa shape index (κ2) is 4.78. The summed E-state index contributed by atoms with van der Waals surface area (Å²) in [5, 5.41) is 2.63. The van der Waals surface area contributed by atoms with Crippen LogP contribution in [0.3, 0.4) is 0 Å². The molecule has 1 aliphatic heterocycles. The van der Waals surface area contributed by atoms with Crippen LogP contribution in [0.2, 0.25) is 0 Å². The van der Waals surface area contributed by atoms with Crippen molar-refractivity contribution >= 4 is 11.8 Å². The number of methoxy groups -OCH3 is 1. The van der Waals surface area contributed by atoms with E-state index in [9.17, 15) is 9.59 Å². The van der Waals surface area contributed by atoms with Gasteiger partial charge in [0.1, 0.15) is 6.04 Å². The summed E-state index contributed by atoms with van der Waals surface area (Å²) in [4.78, 5) is 22.0. The molecular formula is C7H13N3O3. The maximum atomic E-state index is 11.2. The Morgan fingerprint density at radius 1 is 1.77 bits per heavy atom. The molecule has 1 atom stereocenters. The highest BCUT2D eigenvalue weighted by Crippen LogP contribution is 1.96. The van der Waals surface area contributed by atoms with Crippen LogP contribution in [-0.2, 0) is 14.3 Å². The van der Waals surface area contributed by atoms with Crippen molar-refractivity contribution in [3.05, 3.63) is 0 Å². The Hall–Kier alpha value is -1.14. The van der Waals surface area contributed by atoms with Gasteiger partial charge in [-0.15, -0.1) is 0 Å². The summed E-state index contributed by atoms with van der Waals surface area (Å²) in [5.74, 6) is -0.345. The average Bonchev–Trinajstić information content (AvgIpc) is 2.52. The van der Waals surface area contributed by atoms with Gasteiger partial charge in [-0.3, -0.25) is 15.0 Å². The molecule has 0 aromatic rings. The predicted molar refractivity (Wildman–Crippen MR) is 44.6 cm³/mol. The lowest BCUT2D eigenvalue weighted by molar-refractivity contribution is -0.124. The molecule has 1 fully saturated rings. The standard InChI is InChI=1S/C7H13N3O3/c1-13-3-2-8-7(12)5-4-6(11)10-9-5/h5,9H,2-4H2,1H3,(H,8,12)(H,10,11). The van der Waals surface area contributed by atoms with Crippen LogP contribution in [-0.4, -0.2) is 38.1 Å². The third kappa shape index (κ3) is 3.00. The molecule has 0 spiro atoms. The maximum absolute atomic E-state index is 11.2. The van der Waals surface area contributed by atoms with E-state index in [4.69, 9.17) is 4.74 Å². The van der Waals surface area contributed by atoms with Crippen LogP contribution in [0.25, 0.3) is 0 Å². The minimum atomic E-state index is -0.454. The summed E-state index contributed by atoms with van der Waals surface area (Å²) in [7, 11) is 1.56. The fourth-order valence-corrected chi connectivity index (χ4v) is 1.01. The van der Waals surface area contributed by atoms with E-state index in [2.05, 4.69) is 16.2 Å². The second-order valence-corrected chi connectivity index (χ2v) is 2.73. The molecule has 3 N–H and O–H groups in total. The highest BCUT2D eigenvalue weighted by Gasteiger charge is 2.26. The third-order valence-electron chi connectivity index (χ3n) is 1.70. The fraction of sp³-hybridized carbons (Fsp3) is 0.714. The molecule has 0 bridgehead atoms. The molecule has 2 amide bonds. The summed E-state index contributed by atoms with van der Waals surface area (Å²) in [6.45, 7) is 0.932. The Morgan fingerprint density at radius 2 is 2.54 bits per heavy atom. The number of rotatable bonds is 4. The Kier molecular flexibility index (Phi) is 3.66. The van der Waals surface area contributed by atoms with Gasteiger partial charge in [-0.25, -0.2) is 5.43 Å². The molecule has 0 radical (unpaired) electrons. The summed E-state index contributed by atoms with van der Waals surface area (Å²) in [5.41, 5.74) is 4.94. The van der Waals surface area contributed by atoms with Crippen molar-refractivity contribution in [3.63, 3.8) is 0 Å². The van der Waals surface area contributed by atoms with Crippen molar-refractivity contribution in [2.45, 2.75) is 12.5 Å². The molecule has 1 unspecified atom stereocenters. The zero-order chi connectivity index (χ0) is 9.68. The summed E-state index contributed by atoms with van der Waals surface area (Å²) in [6.07, 6.45) is 0.193. The van der Waals surface area contributed by atoms with E-state index < -0.39 is 6.04 Å². The number of hydrazine groups is 1. The Balaban J connectivity index is 2.20. The van der Waals surface area contributed by atoms with Crippen LogP contribution in [0.15, 0.2) is 0 Å². The van der Waals surface area contributed by atoms with Gasteiger partial charge in [-0.2, -0.15) is 0 Å². The predicted octanol–water partition coefficient (Wildman–Crippen LogP) is -1.86. The number of ether oxygens (including phenoxy) is 1. The van der Waals surface area contributed by atoms with Crippen LogP contribution in [0, 0.1) is 0 Å². The molecule has 1 heterocycles. The minimum Gasteiger partial charge on any atom is -0.383 e. The Bertz CT molecular complexity index is 207. The van der Waals surface area contributed by atoms with Gasteiger partial charge in [0.05, 0.1) is 13.0 Å². The van der Waals surface area contributed by atoms with Crippen LogP contribution in [0.4, 0.5) is 0 Å². The number of hydrogen-bond donors (Lipinski definition) is 3. The molecule has 1 saturated heterocycles. The molecule has 1 aliphatic rings.